The molecule has 1 aliphatic rings. The first-order valence-electron chi connectivity index (χ1n) is 8.57. The van der Waals surface area contributed by atoms with E-state index in [1.165, 1.54) is 24.0 Å². The molecule has 0 spiro atoms. The van der Waals surface area contributed by atoms with Crippen LogP contribution in [0.4, 0.5) is 0 Å². The van der Waals surface area contributed by atoms with Gasteiger partial charge in [-0.3, -0.25) is 14.4 Å². The smallest absolute Gasteiger partial charge is 0.328 e. The molecule has 1 aromatic carbocycles. The number of nitrogens with zero attached hydrogens (tertiary/aromatic N) is 4. The number of rotatable bonds is 5. The Morgan fingerprint density at radius 2 is 1.93 bits per heavy atom. The minimum absolute atomic E-state index is 0.136. The molecule has 7 nitrogen and oxygen atoms in total. The molecule has 0 aliphatic carbocycles. The van der Waals surface area contributed by atoms with Crippen LogP contribution in [0.2, 0.25) is 10.0 Å². The zero-order chi connectivity index (χ0) is 19.6. The molecular weight excluding hydrogens is 391 g/mol. The van der Waals surface area contributed by atoms with Gasteiger partial charge < -0.3 is 10.0 Å². The zero-order valence-corrected chi connectivity index (χ0v) is 16.3. The van der Waals surface area contributed by atoms with Crippen molar-refractivity contribution in [2.45, 2.75) is 19.5 Å². The van der Waals surface area contributed by atoms with Crippen LogP contribution < -0.4 is 0 Å². The summed E-state index contributed by atoms with van der Waals surface area (Å²) in [6, 6.07) is 4.65. The van der Waals surface area contributed by atoms with Gasteiger partial charge in [-0.2, -0.15) is 5.10 Å². The summed E-state index contributed by atoms with van der Waals surface area (Å²) in [5.74, 6) is -1.13. The Bertz CT molecular complexity index is 847. The van der Waals surface area contributed by atoms with E-state index in [-0.39, 0.29) is 5.91 Å². The molecule has 1 N–H and O–H groups in total. The number of hydrogen-bond donors (Lipinski definition) is 1. The van der Waals surface area contributed by atoms with Gasteiger partial charge in [-0.05, 0) is 24.6 Å². The van der Waals surface area contributed by atoms with E-state index in [4.69, 9.17) is 28.3 Å². The molecule has 0 saturated carbocycles. The molecule has 1 saturated heterocycles. The zero-order valence-electron chi connectivity index (χ0n) is 14.8. The number of carbonyl (C=O) groups is 2. The molecule has 1 atom stereocenters. The van der Waals surface area contributed by atoms with Gasteiger partial charge in [-0.15, -0.1) is 0 Å². The fraction of sp³-hybridized carbons (Fsp3) is 0.389. The summed E-state index contributed by atoms with van der Waals surface area (Å²) in [5.41, 5.74) is 1.40. The van der Waals surface area contributed by atoms with Crippen molar-refractivity contribution in [3.05, 3.63) is 51.8 Å². The third kappa shape index (κ3) is 4.61. The van der Waals surface area contributed by atoms with Crippen molar-refractivity contribution in [3.8, 4) is 0 Å². The number of aromatic nitrogens is 2. The summed E-state index contributed by atoms with van der Waals surface area (Å²) < 4.78 is 1.29. The molecule has 0 bridgehead atoms. The van der Waals surface area contributed by atoms with Gasteiger partial charge in [-0.1, -0.05) is 29.3 Å². The SMILES string of the molecule is CC(C(=O)O)n1cc(C(=O)N2CCN(Cc3ccc(Cl)cc3Cl)CC2)cn1. The Morgan fingerprint density at radius 1 is 1.22 bits per heavy atom. The molecule has 1 unspecified atom stereocenters. The molecular formula is C18H20Cl2N4O3. The van der Waals surface area contributed by atoms with E-state index in [0.29, 0.717) is 35.2 Å². The lowest BCUT2D eigenvalue weighted by Crippen LogP contribution is -2.48. The minimum Gasteiger partial charge on any atom is -0.480 e. The first-order valence-corrected chi connectivity index (χ1v) is 9.33. The topological polar surface area (TPSA) is 78.7 Å². The molecule has 1 amide bonds. The summed E-state index contributed by atoms with van der Waals surface area (Å²) in [6.07, 6.45) is 2.91. The normalized spacial score (nSPS) is 16.3. The van der Waals surface area contributed by atoms with E-state index < -0.39 is 12.0 Å². The number of piperazine rings is 1. The second kappa shape index (κ2) is 8.29. The Balaban J connectivity index is 1.57. The lowest BCUT2D eigenvalue weighted by atomic mass is 10.2. The van der Waals surface area contributed by atoms with Crippen LogP contribution in [0, 0.1) is 0 Å². The van der Waals surface area contributed by atoms with E-state index in [1.807, 2.05) is 12.1 Å². The Kier molecular flexibility index (Phi) is 6.04. The predicted octanol–water partition coefficient (Wildman–Crippen LogP) is 2.79. The molecule has 3 rings (SSSR count). The van der Waals surface area contributed by atoms with Crippen LogP contribution in [0.15, 0.2) is 30.6 Å². The molecule has 0 radical (unpaired) electrons. The summed E-state index contributed by atoms with van der Waals surface area (Å²) in [6.45, 7) is 4.85. The third-order valence-electron chi connectivity index (χ3n) is 4.67. The van der Waals surface area contributed by atoms with E-state index in [2.05, 4.69) is 10.00 Å². The van der Waals surface area contributed by atoms with E-state index in [9.17, 15) is 9.59 Å². The van der Waals surface area contributed by atoms with Gasteiger partial charge in [-0.25, -0.2) is 4.79 Å². The highest BCUT2D eigenvalue weighted by molar-refractivity contribution is 6.35. The molecule has 1 aliphatic heterocycles. The van der Waals surface area contributed by atoms with Crippen molar-refractivity contribution in [3.63, 3.8) is 0 Å². The molecule has 2 heterocycles. The number of carboxylic acids is 1. The number of hydrogen-bond acceptors (Lipinski definition) is 4. The van der Waals surface area contributed by atoms with Gasteiger partial charge in [0.2, 0.25) is 0 Å². The first kappa shape index (κ1) is 19.7. The van der Waals surface area contributed by atoms with E-state index >= 15 is 0 Å². The lowest BCUT2D eigenvalue weighted by molar-refractivity contribution is -0.140. The third-order valence-corrected chi connectivity index (χ3v) is 5.26. The number of benzene rings is 1. The number of halogens is 2. The van der Waals surface area contributed by atoms with Gasteiger partial charge >= 0.3 is 5.97 Å². The Morgan fingerprint density at radius 3 is 2.56 bits per heavy atom. The van der Waals surface area contributed by atoms with Crippen LogP contribution in [0.25, 0.3) is 0 Å². The highest BCUT2D eigenvalue weighted by Crippen LogP contribution is 2.23. The van der Waals surface area contributed by atoms with Crippen LogP contribution in [-0.4, -0.2) is 62.7 Å². The lowest BCUT2D eigenvalue weighted by Gasteiger charge is -2.34. The average Bonchev–Trinajstić information content (AvgIpc) is 3.13. The fourth-order valence-corrected chi connectivity index (χ4v) is 3.42. The van der Waals surface area contributed by atoms with Crippen molar-refractivity contribution in [1.29, 1.82) is 0 Å². The second-order valence-electron chi connectivity index (χ2n) is 6.53. The average molecular weight is 411 g/mol. The van der Waals surface area contributed by atoms with Gasteiger partial charge in [0, 0.05) is 49.0 Å². The summed E-state index contributed by atoms with van der Waals surface area (Å²) in [5, 5.41) is 14.3. The highest BCUT2D eigenvalue weighted by atomic mass is 35.5. The van der Waals surface area contributed by atoms with Crippen LogP contribution >= 0.6 is 23.2 Å². The number of carboxylic acid groups (broad SMARTS) is 1. The Hall–Kier alpha value is -2.09. The molecule has 2 aromatic rings. The van der Waals surface area contributed by atoms with Crippen molar-refractivity contribution in [1.82, 2.24) is 19.6 Å². The van der Waals surface area contributed by atoms with Gasteiger partial charge in [0.1, 0.15) is 6.04 Å². The molecule has 27 heavy (non-hydrogen) atoms. The summed E-state index contributed by atoms with van der Waals surface area (Å²) >= 11 is 12.2. The van der Waals surface area contributed by atoms with Crippen molar-refractivity contribution < 1.29 is 14.7 Å². The van der Waals surface area contributed by atoms with E-state index in [1.54, 1.807) is 11.0 Å². The van der Waals surface area contributed by atoms with Crippen LogP contribution in [0.5, 0.6) is 0 Å². The summed E-state index contributed by atoms with van der Waals surface area (Å²) in [7, 11) is 0. The van der Waals surface area contributed by atoms with Crippen LogP contribution in [0.1, 0.15) is 28.9 Å². The second-order valence-corrected chi connectivity index (χ2v) is 7.37. The number of aliphatic carboxylic acids is 1. The molecule has 1 aromatic heterocycles. The minimum atomic E-state index is -0.994. The molecule has 144 valence electrons. The van der Waals surface area contributed by atoms with Crippen LogP contribution in [0.3, 0.4) is 0 Å². The largest absolute Gasteiger partial charge is 0.480 e. The van der Waals surface area contributed by atoms with Crippen LogP contribution in [-0.2, 0) is 11.3 Å². The molecule has 1 fully saturated rings. The van der Waals surface area contributed by atoms with Gasteiger partial charge in [0.15, 0.2) is 0 Å². The van der Waals surface area contributed by atoms with Crippen molar-refractivity contribution in [2.75, 3.05) is 26.2 Å². The monoisotopic (exact) mass is 410 g/mol. The maximum Gasteiger partial charge on any atom is 0.328 e. The van der Waals surface area contributed by atoms with E-state index in [0.717, 1.165) is 18.7 Å². The van der Waals surface area contributed by atoms with Crippen molar-refractivity contribution in [2.24, 2.45) is 0 Å². The maximum absolute atomic E-state index is 12.6. The standard InChI is InChI=1S/C18H20Cl2N4O3/c1-12(18(26)27)24-11-14(9-21-24)17(25)23-6-4-22(5-7-23)10-13-2-3-15(19)8-16(13)20/h2-3,8-9,11-12H,4-7,10H2,1H3,(H,26,27). The maximum atomic E-state index is 12.6. The van der Waals surface area contributed by atoms with Gasteiger partial charge in [0.25, 0.3) is 5.91 Å². The number of amides is 1. The summed E-state index contributed by atoms with van der Waals surface area (Å²) in [4.78, 5) is 27.7. The predicted molar refractivity (Wildman–Crippen MR) is 102 cm³/mol. The highest BCUT2D eigenvalue weighted by Gasteiger charge is 2.24. The Labute approximate surface area is 167 Å². The molecule has 9 heteroatoms. The van der Waals surface area contributed by atoms with Crippen molar-refractivity contribution >= 4 is 35.1 Å². The fourth-order valence-electron chi connectivity index (χ4n) is 2.96. The first-order chi connectivity index (χ1) is 12.8. The quantitative estimate of drug-likeness (QED) is 0.819. The van der Waals surface area contributed by atoms with Gasteiger partial charge in [0.05, 0.1) is 11.8 Å². The number of carbonyl (C=O) groups excluding carboxylic acids is 1.